The molecule has 0 bridgehead atoms. The lowest BCUT2D eigenvalue weighted by atomic mass is 10.2. The molecule has 0 unspecified atom stereocenters. The topological polar surface area (TPSA) is 47.6 Å². The Morgan fingerprint density at radius 1 is 1.41 bits per heavy atom. The van der Waals surface area contributed by atoms with Crippen LogP contribution in [-0.4, -0.2) is 24.3 Å². The van der Waals surface area contributed by atoms with Gasteiger partial charge in [-0.1, -0.05) is 0 Å². The van der Waals surface area contributed by atoms with Gasteiger partial charge in [-0.3, -0.25) is 0 Å². The highest BCUT2D eigenvalue weighted by Gasteiger charge is 2.17. The Morgan fingerprint density at radius 3 is 2.68 bits per heavy atom. The van der Waals surface area contributed by atoms with Gasteiger partial charge in [-0.05, 0) is 45.9 Å². The van der Waals surface area contributed by atoms with Crippen LogP contribution in [0.15, 0.2) is 18.2 Å². The lowest BCUT2D eigenvalue weighted by Crippen LogP contribution is -2.38. The van der Waals surface area contributed by atoms with Crippen LogP contribution in [0.2, 0.25) is 0 Å². The molecule has 4 nitrogen and oxygen atoms in total. The summed E-state index contributed by atoms with van der Waals surface area (Å²) in [4.78, 5) is 11.6. The number of rotatable bonds is 6. The van der Waals surface area contributed by atoms with Gasteiger partial charge in [0.1, 0.15) is 17.2 Å². The molecule has 124 valence electrons. The van der Waals surface area contributed by atoms with E-state index in [2.05, 4.69) is 5.32 Å². The average Bonchev–Trinajstić information content (AvgIpc) is 2.37. The number of ether oxygens (including phenoxy) is 2. The first-order valence-corrected chi connectivity index (χ1v) is 7.71. The van der Waals surface area contributed by atoms with E-state index < -0.39 is 11.7 Å². The second kappa shape index (κ2) is 8.22. The van der Waals surface area contributed by atoms with E-state index in [0.717, 1.165) is 0 Å². The maximum atomic E-state index is 13.1. The van der Waals surface area contributed by atoms with Crippen LogP contribution in [0.1, 0.15) is 39.7 Å². The molecule has 0 saturated carbocycles. The molecule has 0 aliphatic carbocycles. The predicted molar refractivity (Wildman–Crippen MR) is 84.9 cm³/mol. The Balaban J connectivity index is 2.39. The number of nitrogens with one attached hydrogen (secondary N) is 1. The molecule has 1 atom stereocenters. The van der Waals surface area contributed by atoms with E-state index in [9.17, 15) is 9.18 Å². The molecule has 1 amide bonds. The van der Waals surface area contributed by atoms with E-state index in [-0.39, 0.29) is 17.7 Å². The number of benzene rings is 1. The van der Waals surface area contributed by atoms with Gasteiger partial charge in [0.25, 0.3) is 0 Å². The highest BCUT2D eigenvalue weighted by Crippen LogP contribution is 2.21. The van der Waals surface area contributed by atoms with Crippen molar-refractivity contribution < 1.29 is 18.7 Å². The fraction of sp³-hybridized carbons (Fsp3) is 0.562. The van der Waals surface area contributed by atoms with Crippen LogP contribution in [0.25, 0.3) is 0 Å². The molecule has 1 rings (SSSR count). The average molecular weight is 332 g/mol. The zero-order chi connectivity index (χ0) is 16.8. The second-order valence-corrected chi connectivity index (χ2v) is 6.34. The van der Waals surface area contributed by atoms with E-state index in [1.165, 1.54) is 12.1 Å². The zero-order valence-electron chi connectivity index (χ0n) is 13.4. The van der Waals surface area contributed by atoms with Gasteiger partial charge in [0.2, 0.25) is 0 Å². The lowest BCUT2D eigenvalue weighted by Gasteiger charge is -2.22. The van der Waals surface area contributed by atoms with E-state index in [0.29, 0.717) is 24.3 Å². The van der Waals surface area contributed by atoms with Crippen molar-refractivity contribution in [3.05, 3.63) is 29.6 Å². The summed E-state index contributed by atoms with van der Waals surface area (Å²) in [7, 11) is 0. The Bertz CT molecular complexity index is 503. The molecule has 0 aliphatic rings. The van der Waals surface area contributed by atoms with Crippen LogP contribution in [-0.2, 0) is 10.6 Å². The first kappa shape index (κ1) is 18.6. The summed E-state index contributed by atoms with van der Waals surface area (Å²) in [6.45, 7) is 7.67. The second-order valence-electron chi connectivity index (χ2n) is 6.07. The number of halogens is 2. The number of carbonyl (C=O) groups is 1. The molecule has 0 spiro atoms. The summed E-state index contributed by atoms with van der Waals surface area (Å²) in [5.41, 5.74) is 0.0818. The third-order valence-corrected chi connectivity index (χ3v) is 3.03. The highest BCUT2D eigenvalue weighted by molar-refractivity contribution is 6.17. The predicted octanol–water partition coefficient (Wildman–Crippen LogP) is 4.25. The van der Waals surface area contributed by atoms with Crippen molar-refractivity contribution in [1.82, 2.24) is 5.32 Å². The number of hydrogen-bond acceptors (Lipinski definition) is 3. The highest BCUT2D eigenvalue weighted by atomic mass is 35.5. The summed E-state index contributed by atoms with van der Waals surface area (Å²) in [5, 5.41) is 2.73. The normalized spacial score (nSPS) is 12.6. The Labute approximate surface area is 135 Å². The van der Waals surface area contributed by atoms with Gasteiger partial charge >= 0.3 is 6.09 Å². The van der Waals surface area contributed by atoms with Crippen LogP contribution in [0.3, 0.4) is 0 Å². The number of alkyl carbamates (subject to hydrolysis) is 1. The molecule has 22 heavy (non-hydrogen) atoms. The van der Waals surface area contributed by atoms with Crippen molar-refractivity contribution in [3.8, 4) is 5.75 Å². The number of amides is 1. The Morgan fingerprint density at radius 2 is 2.09 bits per heavy atom. The lowest BCUT2D eigenvalue weighted by molar-refractivity contribution is 0.0503. The summed E-state index contributed by atoms with van der Waals surface area (Å²) in [6.07, 6.45) is 0.140. The number of alkyl halides is 1. The molecule has 6 heteroatoms. The van der Waals surface area contributed by atoms with Gasteiger partial charge in [-0.2, -0.15) is 0 Å². The quantitative estimate of drug-likeness (QED) is 0.793. The Hall–Kier alpha value is -1.49. The molecule has 0 radical (unpaired) electrons. The number of hydrogen-bond donors (Lipinski definition) is 1. The third-order valence-electron chi connectivity index (χ3n) is 2.74. The Kier molecular flexibility index (Phi) is 6.94. The first-order valence-electron chi connectivity index (χ1n) is 7.18. The first-order chi connectivity index (χ1) is 10.2. The minimum Gasteiger partial charge on any atom is -0.493 e. The smallest absolute Gasteiger partial charge is 0.407 e. The standard InChI is InChI=1S/C16H23ClFNO3/c1-11(19-15(20)22-16(2,3)4)7-8-21-14-6-5-13(18)9-12(14)10-17/h5-6,9,11H,7-8,10H2,1-4H3,(H,19,20)/t11-/m1/s1. The van der Waals surface area contributed by atoms with Crippen molar-refractivity contribution in [2.45, 2.75) is 51.6 Å². The molecule has 0 heterocycles. The van der Waals surface area contributed by atoms with Gasteiger partial charge in [0.05, 0.1) is 12.5 Å². The number of carbonyl (C=O) groups excluding carboxylic acids is 1. The molecule has 1 aromatic rings. The van der Waals surface area contributed by atoms with Gasteiger partial charge in [0.15, 0.2) is 0 Å². The van der Waals surface area contributed by atoms with Gasteiger partial charge in [-0.25, -0.2) is 9.18 Å². The SMILES string of the molecule is C[C@H](CCOc1ccc(F)cc1CCl)NC(=O)OC(C)(C)C. The van der Waals surface area contributed by atoms with Crippen molar-refractivity contribution in [1.29, 1.82) is 0 Å². The van der Waals surface area contributed by atoms with Crippen LogP contribution in [0.5, 0.6) is 5.75 Å². The minimum atomic E-state index is -0.524. The summed E-state index contributed by atoms with van der Waals surface area (Å²) in [6, 6.07) is 4.13. The monoisotopic (exact) mass is 331 g/mol. The van der Waals surface area contributed by atoms with Crippen LogP contribution < -0.4 is 10.1 Å². The molecule has 0 fully saturated rings. The van der Waals surface area contributed by atoms with Crippen LogP contribution in [0, 0.1) is 5.82 Å². The molecular weight excluding hydrogens is 309 g/mol. The molecule has 0 saturated heterocycles. The maximum Gasteiger partial charge on any atom is 0.407 e. The molecule has 0 aromatic heterocycles. The zero-order valence-corrected chi connectivity index (χ0v) is 14.2. The van der Waals surface area contributed by atoms with Gasteiger partial charge in [-0.15, -0.1) is 11.6 Å². The minimum absolute atomic E-state index is 0.102. The van der Waals surface area contributed by atoms with E-state index in [1.807, 2.05) is 27.7 Å². The molecule has 0 aliphatic heterocycles. The molecular formula is C16H23ClFNO3. The van der Waals surface area contributed by atoms with Crippen molar-refractivity contribution in [2.24, 2.45) is 0 Å². The summed E-state index contributed by atoms with van der Waals surface area (Å²) >= 11 is 5.76. The van der Waals surface area contributed by atoms with Gasteiger partial charge in [0, 0.05) is 18.0 Å². The van der Waals surface area contributed by atoms with E-state index in [4.69, 9.17) is 21.1 Å². The summed E-state index contributed by atoms with van der Waals surface area (Å²) in [5.74, 6) is 0.391. The van der Waals surface area contributed by atoms with Crippen LogP contribution >= 0.6 is 11.6 Å². The maximum absolute atomic E-state index is 13.1. The summed E-state index contributed by atoms with van der Waals surface area (Å²) < 4.78 is 23.9. The fourth-order valence-electron chi connectivity index (χ4n) is 1.72. The molecule has 1 aromatic carbocycles. The largest absolute Gasteiger partial charge is 0.493 e. The van der Waals surface area contributed by atoms with Crippen LogP contribution in [0.4, 0.5) is 9.18 Å². The molecule has 1 N–H and O–H groups in total. The van der Waals surface area contributed by atoms with Crippen molar-refractivity contribution >= 4 is 17.7 Å². The van der Waals surface area contributed by atoms with E-state index in [1.54, 1.807) is 6.07 Å². The third kappa shape index (κ3) is 6.98. The fourth-order valence-corrected chi connectivity index (χ4v) is 1.93. The van der Waals surface area contributed by atoms with E-state index >= 15 is 0 Å². The van der Waals surface area contributed by atoms with Crippen molar-refractivity contribution in [3.63, 3.8) is 0 Å². The van der Waals surface area contributed by atoms with Gasteiger partial charge < -0.3 is 14.8 Å². The van der Waals surface area contributed by atoms with Crippen molar-refractivity contribution in [2.75, 3.05) is 6.61 Å².